The second-order valence-corrected chi connectivity index (χ2v) is 12.1. The summed E-state index contributed by atoms with van der Waals surface area (Å²) in [5.41, 5.74) is 2.02. The summed E-state index contributed by atoms with van der Waals surface area (Å²) in [6.07, 6.45) is 5.80. The number of halogens is 2. The predicted molar refractivity (Wildman–Crippen MR) is 141 cm³/mol. The van der Waals surface area contributed by atoms with Gasteiger partial charge in [0.15, 0.2) is 0 Å². The monoisotopic (exact) mass is 504 g/mol. The lowest BCUT2D eigenvalue weighted by molar-refractivity contribution is 0.0552. The van der Waals surface area contributed by atoms with Crippen LogP contribution in [0.25, 0.3) is 0 Å². The zero-order chi connectivity index (χ0) is 23.4. The van der Waals surface area contributed by atoms with Crippen molar-refractivity contribution in [2.24, 2.45) is 5.92 Å². The molecule has 178 valence electrons. The summed E-state index contributed by atoms with van der Waals surface area (Å²) < 4.78 is 0. The Labute approximate surface area is 212 Å². The highest BCUT2D eigenvalue weighted by Crippen LogP contribution is 2.29. The Balaban J connectivity index is 1.22. The fourth-order valence-electron chi connectivity index (χ4n) is 5.10. The van der Waals surface area contributed by atoms with Gasteiger partial charge < -0.3 is 9.80 Å². The second-order valence-electron chi connectivity index (χ2n) is 9.64. The van der Waals surface area contributed by atoms with Crippen molar-refractivity contribution in [3.8, 4) is 0 Å². The Hall–Kier alpha value is -1.20. The number of carbonyl (C=O) groups is 1. The van der Waals surface area contributed by atoms with Gasteiger partial charge in [-0.05, 0) is 87.0 Å². The summed E-state index contributed by atoms with van der Waals surface area (Å²) in [7, 11) is 0. The minimum atomic E-state index is 0.0200. The Morgan fingerprint density at radius 3 is 2.24 bits per heavy atom. The number of carbonyl (C=O) groups excluding carboxylic acids is 1. The highest BCUT2D eigenvalue weighted by molar-refractivity contribution is 7.99. The van der Waals surface area contributed by atoms with Crippen LogP contribution >= 0.6 is 35.0 Å². The van der Waals surface area contributed by atoms with E-state index in [0.717, 1.165) is 31.8 Å². The van der Waals surface area contributed by atoms with E-state index in [4.69, 9.17) is 23.2 Å². The van der Waals surface area contributed by atoms with Crippen molar-refractivity contribution in [3.63, 3.8) is 0 Å². The highest BCUT2D eigenvalue weighted by atomic mass is 35.5. The van der Waals surface area contributed by atoms with Crippen LogP contribution in [-0.2, 0) is 6.42 Å². The first kappa shape index (κ1) is 24.9. The largest absolute Gasteiger partial charge is 0.338 e. The minimum absolute atomic E-state index is 0.0200. The van der Waals surface area contributed by atoms with Crippen molar-refractivity contribution >= 4 is 40.9 Å². The molecule has 0 unspecified atom stereocenters. The van der Waals surface area contributed by atoms with Gasteiger partial charge in [0.1, 0.15) is 0 Å². The molecule has 0 saturated carbocycles. The van der Waals surface area contributed by atoms with Crippen molar-refractivity contribution in [2.45, 2.75) is 62.1 Å². The van der Waals surface area contributed by atoms with E-state index < -0.39 is 0 Å². The van der Waals surface area contributed by atoms with Gasteiger partial charge in [-0.3, -0.25) is 4.79 Å². The molecule has 0 radical (unpaired) electrons. The summed E-state index contributed by atoms with van der Waals surface area (Å²) in [5.74, 6) is 0.796. The van der Waals surface area contributed by atoms with Gasteiger partial charge in [0.25, 0.3) is 5.91 Å². The maximum Gasteiger partial charge on any atom is 0.255 e. The summed E-state index contributed by atoms with van der Waals surface area (Å²) in [4.78, 5) is 18.9. The highest BCUT2D eigenvalue weighted by Gasteiger charge is 2.30. The average molecular weight is 506 g/mol. The van der Waals surface area contributed by atoms with Gasteiger partial charge in [0.2, 0.25) is 0 Å². The molecule has 2 aromatic carbocycles. The average Bonchev–Trinajstić information content (AvgIpc) is 2.80. The number of amides is 1. The van der Waals surface area contributed by atoms with E-state index >= 15 is 0 Å². The van der Waals surface area contributed by atoms with Crippen LogP contribution in [0.3, 0.4) is 0 Å². The molecule has 2 fully saturated rings. The Morgan fingerprint density at radius 2 is 1.64 bits per heavy atom. The SMILES string of the molecule is CC(C)Sc1ccc(CC2CCN(C3CCN(C(=O)c4ccc(Cl)cc4Cl)CC3)CC2)cc1. The summed E-state index contributed by atoms with van der Waals surface area (Å²) in [6.45, 7) is 8.42. The first-order valence-electron chi connectivity index (χ1n) is 12.1. The van der Waals surface area contributed by atoms with Gasteiger partial charge in [-0.25, -0.2) is 0 Å². The van der Waals surface area contributed by atoms with Crippen LogP contribution in [0.4, 0.5) is 0 Å². The van der Waals surface area contributed by atoms with E-state index in [2.05, 4.69) is 43.0 Å². The lowest BCUT2D eigenvalue weighted by Gasteiger charge is -2.42. The molecular weight excluding hydrogens is 471 g/mol. The Morgan fingerprint density at radius 1 is 0.970 bits per heavy atom. The van der Waals surface area contributed by atoms with Crippen LogP contribution in [0, 0.1) is 5.92 Å². The zero-order valence-electron chi connectivity index (χ0n) is 19.6. The first-order valence-corrected chi connectivity index (χ1v) is 13.8. The van der Waals surface area contributed by atoms with E-state index in [1.807, 2.05) is 16.7 Å². The van der Waals surface area contributed by atoms with Gasteiger partial charge in [0, 0.05) is 34.3 Å². The lowest BCUT2D eigenvalue weighted by atomic mass is 9.88. The van der Waals surface area contributed by atoms with E-state index in [9.17, 15) is 4.79 Å². The third kappa shape index (κ3) is 6.69. The molecule has 0 aromatic heterocycles. The van der Waals surface area contributed by atoms with Crippen LogP contribution < -0.4 is 0 Å². The van der Waals surface area contributed by atoms with E-state index in [1.54, 1.807) is 18.2 Å². The molecule has 6 heteroatoms. The van der Waals surface area contributed by atoms with Crippen LogP contribution in [0.15, 0.2) is 47.4 Å². The molecule has 0 aliphatic carbocycles. The zero-order valence-corrected chi connectivity index (χ0v) is 21.9. The molecular formula is C27H34Cl2N2OS. The Kier molecular flexibility index (Phi) is 8.67. The number of hydrogen-bond donors (Lipinski definition) is 0. The molecule has 33 heavy (non-hydrogen) atoms. The molecule has 0 atom stereocenters. The van der Waals surface area contributed by atoms with E-state index in [0.29, 0.717) is 26.9 Å². The number of rotatable bonds is 6. The molecule has 0 spiro atoms. The number of nitrogens with zero attached hydrogens (tertiary/aromatic N) is 2. The van der Waals surface area contributed by atoms with Crippen molar-refractivity contribution in [1.29, 1.82) is 0 Å². The van der Waals surface area contributed by atoms with Crippen LogP contribution in [0.5, 0.6) is 0 Å². The standard InChI is InChI=1S/C27H34Cl2N2OS/c1-19(2)33-24-6-3-20(4-7-24)17-21-9-13-30(14-10-21)23-11-15-31(16-12-23)27(32)25-8-5-22(28)18-26(25)29/h3-8,18-19,21,23H,9-17H2,1-2H3. The maximum absolute atomic E-state index is 12.9. The van der Waals surface area contributed by atoms with Crippen molar-refractivity contribution in [3.05, 3.63) is 63.6 Å². The molecule has 4 rings (SSSR count). The van der Waals surface area contributed by atoms with Gasteiger partial charge in [-0.2, -0.15) is 0 Å². The van der Waals surface area contributed by atoms with E-state index in [1.165, 1.54) is 42.8 Å². The van der Waals surface area contributed by atoms with Crippen molar-refractivity contribution < 1.29 is 4.79 Å². The van der Waals surface area contributed by atoms with Crippen LogP contribution in [0.1, 0.15) is 55.5 Å². The van der Waals surface area contributed by atoms with Gasteiger partial charge in [0.05, 0.1) is 10.6 Å². The number of thioether (sulfide) groups is 1. The normalized spacial score (nSPS) is 18.8. The fourth-order valence-corrected chi connectivity index (χ4v) is 6.43. The number of piperidine rings is 2. The smallest absolute Gasteiger partial charge is 0.255 e. The van der Waals surface area contributed by atoms with Gasteiger partial charge in [-0.15, -0.1) is 11.8 Å². The third-order valence-corrected chi connectivity index (χ3v) is 8.46. The quantitative estimate of drug-likeness (QED) is 0.393. The molecule has 0 N–H and O–H groups in total. The number of likely N-dealkylation sites (tertiary alicyclic amines) is 2. The topological polar surface area (TPSA) is 23.6 Å². The van der Waals surface area contributed by atoms with Crippen molar-refractivity contribution in [2.75, 3.05) is 26.2 Å². The van der Waals surface area contributed by atoms with E-state index in [-0.39, 0.29) is 5.91 Å². The number of benzene rings is 2. The molecule has 0 bridgehead atoms. The maximum atomic E-state index is 12.9. The Bertz CT molecular complexity index is 934. The number of hydrogen-bond acceptors (Lipinski definition) is 3. The molecule has 2 aliphatic heterocycles. The molecule has 1 amide bonds. The molecule has 2 aliphatic rings. The van der Waals surface area contributed by atoms with Gasteiger partial charge >= 0.3 is 0 Å². The summed E-state index contributed by atoms with van der Waals surface area (Å²) >= 11 is 14.2. The van der Waals surface area contributed by atoms with Crippen LogP contribution in [0.2, 0.25) is 10.0 Å². The first-order chi connectivity index (χ1) is 15.9. The molecule has 3 nitrogen and oxygen atoms in total. The predicted octanol–water partition coefficient (Wildman–Crippen LogP) is 7.05. The molecule has 2 saturated heterocycles. The lowest BCUT2D eigenvalue weighted by Crippen LogP contribution is -2.49. The third-order valence-electron chi connectivity index (χ3n) is 6.90. The summed E-state index contributed by atoms with van der Waals surface area (Å²) in [6, 6.07) is 14.9. The second kappa shape index (κ2) is 11.5. The van der Waals surface area contributed by atoms with Gasteiger partial charge in [-0.1, -0.05) is 49.2 Å². The van der Waals surface area contributed by atoms with Crippen molar-refractivity contribution in [1.82, 2.24) is 9.80 Å². The fraction of sp³-hybridized carbons (Fsp3) is 0.519. The van der Waals surface area contributed by atoms with Crippen LogP contribution in [-0.4, -0.2) is 53.2 Å². The minimum Gasteiger partial charge on any atom is -0.338 e. The molecule has 2 heterocycles. The molecule has 2 aromatic rings. The summed E-state index contributed by atoms with van der Waals surface area (Å²) in [5, 5.41) is 1.62.